The van der Waals surface area contributed by atoms with E-state index in [0.29, 0.717) is 18.0 Å². The number of hydrogen-bond donors (Lipinski definition) is 1. The summed E-state index contributed by atoms with van der Waals surface area (Å²) in [4.78, 5) is 4.53. The van der Waals surface area contributed by atoms with Crippen molar-refractivity contribution in [2.45, 2.75) is 25.9 Å². The van der Waals surface area contributed by atoms with Crippen molar-refractivity contribution in [3.05, 3.63) is 77.0 Å². The van der Waals surface area contributed by atoms with Crippen LogP contribution in [0.1, 0.15) is 28.8 Å². The number of nitrogen functional groups attached to an aromatic ring is 1. The Labute approximate surface area is 152 Å². The van der Waals surface area contributed by atoms with Gasteiger partial charge in [0.05, 0.1) is 5.56 Å². The van der Waals surface area contributed by atoms with Gasteiger partial charge in [0.25, 0.3) is 0 Å². The van der Waals surface area contributed by atoms with Gasteiger partial charge in [0.1, 0.15) is 24.2 Å². The molecule has 0 saturated carbocycles. The monoisotopic (exact) mass is 341 g/mol. The third-order valence-corrected chi connectivity index (χ3v) is 4.76. The lowest BCUT2D eigenvalue weighted by Crippen LogP contribution is -2.03. The normalized spacial score (nSPS) is 12.4. The van der Waals surface area contributed by atoms with Gasteiger partial charge in [-0.15, -0.1) is 0 Å². The van der Waals surface area contributed by atoms with Crippen LogP contribution in [0, 0.1) is 11.3 Å². The molecule has 1 aliphatic rings. The molecule has 2 aromatic carbocycles. The van der Waals surface area contributed by atoms with Gasteiger partial charge in [0.15, 0.2) is 0 Å². The molecule has 1 aromatic heterocycles. The Morgan fingerprint density at radius 1 is 1.04 bits per heavy atom. The predicted molar refractivity (Wildman–Crippen MR) is 102 cm³/mol. The van der Waals surface area contributed by atoms with E-state index in [1.165, 1.54) is 0 Å². The van der Waals surface area contributed by atoms with Crippen LogP contribution >= 0.6 is 0 Å². The molecule has 26 heavy (non-hydrogen) atoms. The maximum atomic E-state index is 9.68. The van der Waals surface area contributed by atoms with Crippen molar-refractivity contribution in [3.8, 4) is 22.9 Å². The minimum absolute atomic E-state index is 0.431. The van der Waals surface area contributed by atoms with Crippen LogP contribution in [-0.2, 0) is 19.4 Å². The summed E-state index contributed by atoms with van der Waals surface area (Å²) in [5.41, 5.74) is 11.6. The summed E-state index contributed by atoms with van der Waals surface area (Å²) in [5, 5.41) is 9.68. The van der Waals surface area contributed by atoms with Gasteiger partial charge in [-0.1, -0.05) is 42.5 Å². The molecule has 0 saturated heterocycles. The minimum atomic E-state index is 0.431. The Morgan fingerprint density at radius 2 is 1.81 bits per heavy atom. The van der Waals surface area contributed by atoms with E-state index in [1.54, 1.807) is 0 Å². The van der Waals surface area contributed by atoms with Crippen molar-refractivity contribution in [2.75, 3.05) is 5.73 Å². The quantitative estimate of drug-likeness (QED) is 0.769. The summed E-state index contributed by atoms with van der Waals surface area (Å²) in [6, 6.07) is 20.1. The van der Waals surface area contributed by atoms with Gasteiger partial charge in [-0.05, 0) is 48.1 Å². The number of aryl methyl sites for hydroxylation is 1. The molecule has 1 heterocycles. The maximum Gasteiger partial charge on any atom is 0.132 e. The maximum absolute atomic E-state index is 9.68. The van der Waals surface area contributed by atoms with Crippen molar-refractivity contribution in [1.29, 1.82) is 5.26 Å². The van der Waals surface area contributed by atoms with Crippen LogP contribution < -0.4 is 10.5 Å². The van der Waals surface area contributed by atoms with E-state index in [9.17, 15) is 5.26 Å². The molecule has 128 valence electrons. The number of aromatic nitrogens is 1. The van der Waals surface area contributed by atoms with E-state index in [1.807, 2.05) is 54.6 Å². The molecule has 0 amide bonds. The first-order chi connectivity index (χ1) is 12.8. The Morgan fingerprint density at radius 3 is 2.54 bits per heavy atom. The number of fused-ring (bicyclic) bond motifs is 1. The molecule has 0 atom stereocenters. The van der Waals surface area contributed by atoms with Crippen molar-refractivity contribution >= 4 is 5.82 Å². The average molecular weight is 341 g/mol. The zero-order valence-electron chi connectivity index (χ0n) is 14.4. The lowest BCUT2D eigenvalue weighted by molar-refractivity contribution is 0.306. The summed E-state index contributed by atoms with van der Waals surface area (Å²) in [6.07, 6.45) is 2.84. The molecular weight excluding hydrogens is 322 g/mol. The van der Waals surface area contributed by atoms with Gasteiger partial charge >= 0.3 is 0 Å². The second-order valence-electron chi connectivity index (χ2n) is 6.44. The van der Waals surface area contributed by atoms with Crippen molar-refractivity contribution in [3.63, 3.8) is 0 Å². The summed E-state index contributed by atoms with van der Waals surface area (Å²) in [7, 11) is 0. The lowest BCUT2D eigenvalue weighted by Gasteiger charge is -2.13. The number of rotatable bonds is 4. The molecule has 0 aliphatic heterocycles. The smallest absolute Gasteiger partial charge is 0.132 e. The van der Waals surface area contributed by atoms with E-state index < -0.39 is 0 Å². The third-order valence-electron chi connectivity index (χ3n) is 4.76. The molecular formula is C22H19N3O. The molecule has 4 heteroatoms. The van der Waals surface area contributed by atoms with Crippen molar-refractivity contribution < 1.29 is 4.74 Å². The first kappa shape index (κ1) is 16.2. The zero-order chi connectivity index (χ0) is 17.9. The Bertz CT molecular complexity index is 973. The molecule has 0 unspecified atom stereocenters. The van der Waals surface area contributed by atoms with E-state index in [-0.39, 0.29) is 0 Å². The second-order valence-corrected chi connectivity index (χ2v) is 6.44. The number of hydrogen-bond acceptors (Lipinski definition) is 4. The van der Waals surface area contributed by atoms with Crippen LogP contribution in [0.2, 0.25) is 0 Å². The van der Waals surface area contributed by atoms with E-state index in [4.69, 9.17) is 10.5 Å². The SMILES string of the molecule is N#Cc1c2c(nc(N)c1-c1ccc(OCc3ccccc3)cc1)CCC2. The summed E-state index contributed by atoms with van der Waals surface area (Å²) in [6.45, 7) is 0.520. The number of anilines is 1. The molecule has 0 radical (unpaired) electrons. The molecule has 4 rings (SSSR count). The summed E-state index contributed by atoms with van der Waals surface area (Å²) < 4.78 is 5.83. The van der Waals surface area contributed by atoms with E-state index in [0.717, 1.165) is 53.0 Å². The highest BCUT2D eigenvalue weighted by Crippen LogP contribution is 2.36. The zero-order valence-corrected chi connectivity index (χ0v) is 14.4. The fraction of sp³-hybridized carbons (Fsp3) is 0.182. The highest BCUT2D eigenvalue weighted by atomic mass is 16.5. The number of nitrogens with zero attached hydrogens (tertiary/aromatic N) is 2. The lowest BCUT2D eigenvalue weighted by atomic mass is 9.96. The van der Waals surface area contributed by atoms with E-state index >= 15 is 0 Å². The Balaban J connectivity index is 1.61. The van der Waals surface area contributed by atoms with Crippen LogP contribution in [0.4, 0.5) is 5.82 Å². The number of ether oxygens (including phenoxy) is 1. The average Bonchev–Trinajstić information content (AvgIpc) is 3.14. The number of nitriles is 1. The first-order valence-electron chi connectivity index (χ1n) is 8.75. The van der Waals surface area contributed by atoms with Gasteiger partial charge < -0.3 is 10.5 Å². The van der Waals surface area contributed by atoms with Gasteiger partial charge in [0, 0.05) is 11.3 Å². The molecule has 0 bridgehead atoms. The predicted octanol–water partition coefficient (Wildman–Crippen LogP) is 4.27. The molecule has 1 aliphatic carbocycles. The van der Waals surface area contributed by atoms with Gasteiger partial charge in [-0.2, -0.15) is 5.26 Å². The van der Waals surface area contributed by atoms with Crippen molar-refractivity contribution in [1.82, 2.24) is 4.98 Å². The highest BCUT2D eigenvalue weighted by Gasteiger charge is 2.22. The number of benzene rings is 2. The van der Waals surface area contributed by atoms with Crippen molar-refractivity contribution in [2.24, 2.45) is 0 Å². The molecule has 2 N–H and O–H groups in total. The van der Waals surface area contributed by atoms with Crippen LogP contribution in [0.3, 0.4) is 0 Å². The Hall–Kier alpha value is -3.32. The summed E-state index contributed by atoms with van der Waals surface area (Å²) in [5.74, 6) is 1.21. The third kappa shape index (κ3) is 3.00. The van der Waals surface area contributed by atoms with Crippen LogP contribution in [0.5, 0.6) is 5.75 Å². The Kier molecular flexibility index (Phi) is 4.28. The van der Waals surface area contributed by atoms with Crippen LogP contribution in [-0.4, -0.2) is 4.98 Å². The second kappa shape index (κ2) is 6.89. The molecule has 0 spiro atoms. The van der Waals surface area contributed by atoms with Gasteiger partial charge in [-0.25, -0.2) is 4.98 Å². The summed E-state index contributed by atoms with van der Waals surface area (Å²) >= 11 is 0. The van der Waals surface area contributed by atoms with Crippen LogP contribution in [0.15, 0.2) is 54.6 Å². The molecule has 4 nitrogen and oxygen atoms in total. The molecule has 0 fully saturated rings. The fourth-order valence-electron chi connectivity index (χ4n) is 3.48. The van der Waals surface area contributed by atoms with E-state index in [2.05, 4.69) is 11.1 Å². The number of nitrogens with two attached hydrogens (primary N) is 1. The topological polar surface area (TPSA) is 71.9 Å². The fourth-order valence-corrected chi connectivity index (χ4v) is 3.48. The highest BCUT2D eigenvalue weighted by molar-refractivity contribution is 5.81. The van der Waals surface area contributed by atoms with Gasteiger partial charge in [0.2, 0.25) is 0 Å². The molecule has 3 aromatic rings. The largest absolute Gasteiger partial charge is 0.489 e. The standard InChI is InChI=1S/C22H19N3O/c23-13-19-18-7-4-8-20(18)25-22(24)21(19)16-9-11-17(12-10-16)26-14-15-5-2-1-3-6-15/h1-3,5-6,9-12H,4,7-8,14H2,(H2,24,25). The number of pyridine rings is 1. The minimum Gasteiger partial charge on any atom is -0.489 e. The van der Waals surface area contributed by atoms with Gasteiger partial charge in [-0.3, -0.25) is 0 Å². The van der Waals surface area contributed by atoms with Crippen LogP contribution in [0.25, 0.3) is 11.1 Å². The first-order valence-corrected chi connectivity index (χ1v) is 8.75.